The number of fused-ring (bicyclic) bond motifs is 1. The molecule has 17 heavy (non-hydrogen) atoms. The summed E-state index contributed by atoms with van der Waals surface area (Å²) in [6.45, 7) is 5.40. The first-order valence-corrected chi connectivity index (χ1v) is 6.67. The molecule has 1 aliphatic heterocycles. The Morgan fingerprint density at radius 1 is 1.29 bits per heavy atom. The van der Waals surface area contributed by atoms with Gasteiger partial charge in [0, 0.05) is 18.2 Å². The minimum atomic E-state index is 0.487. The van der Waals surface area contributed by atoms with E-state index in [1.54, 1.807) is 0 Å². The van der Waals surface area contributed by atoms with Crippen molar-refractivity contribution < 1.29 is 0 Å². The monoisotopic (exact) mass is 230 g/mol. The molecule has 2 rings (SSSR count). The maximum Gasteiger partial charge on any atom is 0.128 e. The van der Waals surface area contributed by atoms with E-state index in [2.05, 4.69) is 36.9 Å². The number of hydrogen-bond donors (Lipinski definition) is 1. The normalized spacial score (nSPS) is 16.1. The Bertz CT molecular complexity index is 398. The lowest BCUT2D eigenvalue weighted by Crippen LogP contribution is -2.33. The maximum absolute atomic E-state index is 8.22. The molecule has 1 unspecified atom stereocenters. The minimum Gasteiger partial charge on any atom is -0.350 e. The zero-order valence-electron chi connectivity index (χ0n) is 10.9. The molecule has 0 fully saturated rings. The van der Waals surface area contributed by atoms with E-state index >= 15 is 0 Å². The van der Waals surface area contributed by atoms with Crippen molar-refractivity contribution in [2.75, 3.05) is 0 Å². The quantitative estimate of drug-likeness (QED) is 0.765. The van der Waals surface area contributed by atoms with Crippen molar-refractivity contribution in [3.05, 3.63) is 35.4 Å². The van der Waals surface area contributed by atoms with Gasteiger partial charge in [-0.2, -0.15) is 0 Å². The predicted octanol–water partition coefficient (Wildman–Crippen LogP) is 3.80. The van der Waals surface area contributed by atoms with Crippen LogP contribution in [0.15, 0.2) is 24.3 Å². The molecule has 2 heteroatoms. The van der Waals surface area contributed by atoms with E-state index in [4.69, 9.17) is 5.41 Å². The van der Waals surface area contributed by atoms with Gasteiger partial charge in [0.2, 0.25) is 0 Å². The van der Waals surface area contributed by atoms with Crippen molar-refractivity contribution in [1.29, 1.82) is 5.41 Å². The van der Waals surface area contributed by atoms with Crippen LogP contribution in [0.25, 0.3) is 0 Å². The van der Waals surface area contributed by atoms with Crippen molar-refractivity contribution in [2.24, 2.45) is 0 Å². The standard InChI is InChI=1S/C15H22N2/c1-3-4-5-8-12(2)17-11-13-9-6-7-10-14(13)15(17)16/h6-7,9-10,12,16H,3-5,8,11H2,1-2H3. The summed E-state index contributed by atoms with van der Waals surface area (Å²) in [4.78, 5) is 2.24. The van der Waals surface area contributed by atoms with Gasteiger partial charge in [-0.05, 0) is 18.9 Å². The molecule has 0 saturated heterocycles. The SMILES string of the molecule is CCCCCC(C)N1Cc2ccccc2C1=N. The third-order valence-electron chi connectivity index (χ3n) is 3.66. The summed E-state index contributed by atoms with van der Waals surface area (Å²) < 4.78 is 0. The fraction of sp³-hybridized carbons (Fsp3) is 0.533. The fourth-order valence-electron chi connectivity index (χ4n) is 2.53. The summed E-state index contributed by atoms with van der Waals surface area (Å²) in [6, 6.07) is 8.79. The van der Waals surface area contributed by atoms with Gasteiger partial charge in [0.25, 0.3) is 0 Å². The Hall–Kier alpha value is -1.31. The molecular weight excluding hydrogens is 208 g/mol. The smallest absolute Gasteiger partial charge is 0.128 e. The molecule has 1 N–H and O–H groups in total. The summed E-state index contributed by atoms with van der Waals surface area (Å²) in [5.74, 6) is 0.713. The van der Waals surface area contributed by atoms with Crippen LogP contribution in [-0.4, -0.2) is 16.8 Å². The third-order valence-corrected chi connectivity index (χ3v) is 3.66. The Kier molecular flexibility index (Phi) is 3.82. The highest BCUT2D eigenvalue weighted by molar-refractivity contribution is 6.00. The fourth-order valence-corrected chi connectivity index (χ4v) is 2.53. The van der Waals surface area contributed by atoms with Crippen molar-refractivity contribution in [3.8, 4) is 0 Å². The second-order valence-corrected chi connectivity index (χ2v) is 4.98. The molecule has 1 heterocycles. The summed E-state index contributed by atoms with van der Waals surface area (Å²) >= 11 is 0. The summed E-state index contributed by atoms with van der Waals surface area (Å²) in [5.41, 5.74) is 2.43. The van der Waals surface area contributed by atoms with Gasteiger partial charge in [0.05, 0.1) is 0 Å². The van der Waals surface area contributed by atoms with E-state index in [-0.39, 0.29) is 0 Å². The molecule has 2 nitrogen and oxygen atoms in total. The van der Waals surface area contributed by atoms with Crippen molar-refractivity contribution in [3.63, 3.8) is 0 Å². The van der Waals surface area contributed by atoms with E-state index in [0.29, 0.717) is 11.9 Å². The van der Waals surface area contributed by atoms with Gasteiger partial charge in [-0.25, -0.2) is 0 Å². The van der Waals surface area contributed by atoms with Gasteiger partial charge in [0.1, 0.15) is 5.84 Å². The highest BCUT2D eigenvalue weighted by Crippen LogP contribution is 2.25. The van der Waals surface area contributed by atoms with E-state index in [1.807, 2.05) is 6.07 Å². The van der Waals surface area contributed by atoms with Crippen LogP contribution in [0, 0.1) is 5.41 Å². The number of rotatable bonds is 5. The van der Waals surface area contributed by atoms with E-state index in [9.17, 15) is 0 Å². The van der Waals surface area contributed by atoms with Gasteiger partial charge in [-0.15, -0.1) is 0 Å². The molecule has 1 aromatic carbocycles. The van der Waals surface area contributed by atoms with Gasteiger partial charge < -0.3 is 4.90 Å². The molecule has 0 radical (unpaired) electrons. The first kappa shape index (κ1) is 12.2. The average Bonchev–Trinajstić information content (AvgIpc) is 2.68. The molecule has 0 saturated carbocycles. The van der Waals surface area contributed by atoms with E-state index < -0.39 is 0 Å². The summed E-state index contributed by atoms with van der Waals surface area (Å²) in [7, 11) is 0. The molecule has 1 aromatic rings. The Labute approximate surface area is 104 Å². The van der Waals surface area contributed by atoms with Gasteiger partial charge in [-0.1, -0.05) is 50.5 Å². The highest BCUT2D eigenvalue weighted by Gasteiger charge is 2.26. The zero-order valence-corrected chi connectivity index (χ0v) is 10.9. The molecule has 1 atom stereocenters. The van der Waals surface area contributed by atoms with Crippen LogP contribution >= 0.6 is 0 Å². The molecule has 0 aliphatic carbocycles. The number of hydrogen-bond acceptors (Lipinski definition) is 1. The Balaban J connectivity index is 1.99. The molecule has 0 spiro atoms. The second-order valence-electron chi connectivity index (χ2n) is 4.98. The van der Waals surface area contributed by atoms with Crippen LogP contribution in [0.1, 0.15) is 50.7 Å². The van der Waals surface area contributed by atoms with E-state index in [0.717, 1.165) is 12.1 Å². The number of nitrogens with zero attached hydrogens (tertiary/aromatic N) is 1. The van der Waals surface area contributed by atoms with Gasteiger partial charge in [-0.3, -0.25) is 5.41 Å². The Morgan fingerprint density at radius 3 is 2.76 bits per heavy atom. The maximum atomic E-state index is 8.22. The molecular formula is C15H22N2. The van der Waals surface area contributed by atoms with Crippen LogP contribution in [0.5, 0.6) is 0 Å². The van der Waals surface area contributed by atoms with Crippen LogP contribution in [-0.2, 0) is 6.54 Å². The predicted molar refractivity (Wildman–Crippen MR) is 72.4 cm³/mol. The second kappa shape index (κ2) is 5.35. The number of benzene rings is 1. The van der Waals surface area contributed by atoms with Crippen LogP contribution in [0.2, 0.25) is 0 Å². The number of amidine groups is 1. The molecule has 0 bridgehead atoms. The van der Waals surface area contributed by atoms with Crippen LogP contribution < -0.4 is 0 Å². The summed E-state index contributed by atoms with van der Waals surface area (Å²) in [6.07, 6.45) is 5.05. The topological polar surface area (TPSA) is 27.1 Å². The van der Waals surface area contributed by atoms with Crippen LogP contribution in [0.3, 0.4) is 0 Å². The lowest BCUT2D eigenvalue weighted by atomic mass is 10.1. The van der Waals surface area contributed by atoms with Crippen LogP contribution in [0.4, 0.5) is 0 Å². The average molecular weight is 230 g/mol. The largest absolute Gasteiger partial charge is 0.350 e. The summed E-state index contributed by atoms with van der Waals surface area (Å²) in [5, 5.41) is 8.22. The Morgan fingerprint density at radius 2 is 2.06 bits per heavy atom. The van der Waals surface area contributed by atoms with Crippen molar-refractivity contribution in [2.45, 2.75) is 52.1 Å². The van der Waals surface area contributed by atoms with Crippen molar-refractivity contribution >= 4 is 5.84 Å². The molecule has 0 aromatic heterocycles. The first-order chi connectivity index (χ1) is 8.24. The molecule has 0 amide bonds. The lowest BCUT2D eigenvalue weighted by molar-refractivity contribution is 0.310. The molecule has 1 aliphatic rings. The number of unbranched alkanes of at least 4 members (excludes halogenated alkanes) is 2. The number of nitrogens with one attached hydrogen (secondary N) is 1. The van der Waals surface area contributed by atoms with Gasteiger partial charge >= 0.3 is 0 Å². The molecule has 92 valence electrons. The minimum absolute atomic E-state index is 0.487. The zero-order chi connectivity index (χ0) is 12.3. The van der Waals surface area contributed by atoms with Gasteiger partial charge in [0.15, 0.2) is 0 Å². The first-order valence-electron chi connectivity index (χ1n) is 6.67. The third kappa shape index (κ3) is 2.51. The lowest BCUT2D eigenvalue weighted by Gasteiger charge is -2.26. The highest BCUT2D eigenvalue weighted by atomic mass is 15.2. The van der Waals surface area contributed by atoms with E-state index in [1.165, 1.54) is 31.2 Å². The van der Waals surface area contributed by atoms with Crippen molar-refractivity contribution in [1.82, 2.24) is 4.90 Å².